The lowest BCUT2D eigenvalue weighted by Gasteiger charge is -2.27. The van der Waals surface area contributed by atoms with E-state index < -0.39 is 85.2 Å². The maximum absolute atomic E-state index is 16.3. The molecule has 0 amide bonds. The molecular formula is C38H30F4N4O5. The predicted octanol–water partition coefficient (Wildman–Crippen LogP) is 6.09. The van der Waals surface area contributed by atoms with Crippen LogP contribution in [0.25, 0.3) is 34.0 Å². The lowest BCUT2D eigenvalue weighted by Crippen LogP contribution is -2.46. The molecule has 0 bridgehead atoms. The topological polar surface area (TPSA) is 117 Å². The van der Waals surface area contributed by atoms with Gasteiger partial charge in [-0.3, -0.25) is 9.59 Å². The molecule has 260 valence electrons. The second kappa shape index (κ2) is 11.5. The molecule has 3 heterocycles. The highest BCUT2D eigenvalue weighted by atomic mass is 19.2. The van der Waals surface area contributed by atoms with Crippen molar-refractivity contribution in [3.63, 3.8) is 0 Å². The van der Waals surface area contributed by atoms with Crippen molar-refractivity contribution >= 4 is 51.6 Å². The van der Waals surface area contributed by atoms with Crippen LogP contribution in [0.3, 0.4) is 0 Å². The van der Waals surface area contributed by atoms with Crippen LogP contribution in [0.2, 0.25) is 0 Å². The summed E-state index contributed by atoms with van der Waals surface area (Å²) in [6, 6.07) is 0.969. The Morgan fingerprint density at radius 2 is 1.41 bits per heavy atom. The Morgan fingerprint density at radius 3 is 2.02 bits per heavy atom. The van der Waals surface area contributed by atoms with Crippen LogP contribution < -0.4 is 21.5 Å². The summed E-state index contributed by atoms with van der Waals surface area (Å²) in [4.78, 5) is 56.5. The third-order valence-corrected chi connectivity index (χ3v) is 10.3. The second-order valence-corrected chi connectivity index (χ2v) is 13.5. The van der Waals surface area contributed by atoms with Crippen LogP contribution in [0.4, 0.5) is 23.2 Å². The van der Waals surface area contributed by atoms with Gasteiger partial charge in [-0.05, 0) is 31.7 Å². The van der Waals surface area contributed by atoms with Gasteiger partial charge in [0.25, 0.3) is 0 Å². The molecule has 3 aliphatic carbocycles. The van der Waals surface area contributed by atoms with Gasteiger partial charge < -0.3 is 24.5 Å². The molecule has 0 spiro atoms. The van der Waals surface area contributed by atoms with E-state index in [0.717, 1.165) is 16.8 Å². The SMILES string of the molecule is C=Cc1c(F)c(N2CC3C=CC=CC3(N)C2)cc2c1c(=O)c(C(=O)OC(=O)c1cn(C3CC3)c3c(F)c(F)c(F)c(C=C)c3c1=O)cn2C1CC1. The quantitative estimate of drug-likeness (QED) is 0.108. The van der Waals surface area contributed by atoms with E-state index in [1.54, 1.807) is 10.6 Å². The average molecular weight is 699 g/mol. The van der Waals surface area contributed by atoms with Crippen molar-refractivity contribution < 1.29 is 31.9 Å². The molecule has 51 heavy (non-hydrogen) atoms. The molecule has 3 fully saturated rings. The zero-order valence-corrected chi connectivity index (χ0v) is 27.1. The first kappa shape index (κ1) is 32.6. The minimum absolute atomic E-state index is 0.0661. The number of halogens is 4. The van der Waals surface area contributed by atoms with Gasteiger partial charge in [0, 0.05) is 54.6 Å². The number of fused-ring (bicyclic) bond motifs is 3. The Hall–Kier alpha value is -5.56. The maximum atomic E-state index is 16.3. The number of aromatic nitrogens is 2. The molecule has 1 aliphatic heterocycles. The summed E-state index contributed by atoms with van der Waals surface area (Å²) in [5.41, 5.74) is 1.60. The molecule has 2 N–H and O–H groups in total. The van der Waals surface area contributed by atoms with Crippen molar-refractivity contribution in [2.75, 3.05) is 18.0 Å². The summed E-state index contributed by atoms with van der Waals surface area (Å²) in [6.07, 6.45) is 14.2. The fourth-order valence-electron chi connectivity index (χ4n) is 7.38. The van der Waals surface area contributed by atoms with Gasteiger partial charge in [-0.2, -0.15) is 0 Å². The number of nitrogens with zero attached hydrogens (tertiary/aromatic N) is 3. The highest BCUT2D eigenvalue weighted by Crippen LogP contribution is 2.42. The van der Waals surface area contributed by atoms with E-state index in [-0.39, 0.29) is 28.6 Å². The lowest BCUT2D eigenvalue weighted by molar-refractivity contribution is 0.0395. The van der Waals surface area contributed by atoms with Crippen molar-refractivity contribution in [1.29, 1.82) is 0 Å². The lowest BCUT2D eigenvalue weighted by atomic mass is 9.85. The van der Waals surface area contributed by atoms with E-state index in [4.69, 9.17) is 10.5 Å². The third-order valence-electron chi connectivity index (χ3n) is 10.3. The number of anilines is 1. The molecule has 1 saturated heterocycles. The molecule has 2 atom stereocenters. The summed E-state index contributed by atoms with van der Waals surface area (Å²) < 4.78 is 68.6. The van der Waals surface area contributed by atoms with Gasteiger partial charge in [-0.15, -0.1) is 0 Å². The third kappa shape index (κ3) is 4.93. The number of hydrogen-bond acceptors (Lipinski definition) is 7. The van der Waals surface area contributed by atoms with Gasteiger partial charge in [0.05, 0.1) is 33.0 Å². The molecule has 9 nitrogen and oxygen atoms in total. The van der Waals surface area contributed by atoms with Gasteiger partial charge in [-0.25, -0.2) is 27.2 Å². The molecule has 2 aromatic heterocycles. The van der Waals surface area contributed by atoms with Crippen LogP contribution in [0, 0.1) is 29.2 Å². The largest absolute Gasteiger partial charge is 0.385 e. The molecule has 2 saturated carbocycles. The number of rotatable bonds is 7. The number of esters is 2. The summed E-state index contributed by atoms with van der Waals surface area (Å²) >= 11 is 0. The Morgan fingerprint density at radius 1 is 0.824 bits per heavy atom. The first-order valence-electron chi connectivity index (χ1n) is 16.5. The first-order chi connectivity index (χ1) is 24.4. The number of hydrogen-bond donors (Lipinski definition) is 1. The standard InChI is InChI=1S/C38H30F4N4O5/c1-3-21-27-25(13-26(29(21)39)44-14-18-7-5-6-12-38(18,43)17-44)45(19-8-9-19)15-23(34(27)47)36(49)51-37(50)24-16-46(20-10-11-20)33-28(35(24)48)22(4-2)30(40)31(41)32(33)42/h3-7,12-13,15-16,18-20H,1-2,8-11,14,17,43H2. The van der Waals surface area contributed by atoms with Crippen molar-refractivity contribution in [2.24, 2.45) is 11.7 Å². The molecule has 0 radical (unpaired) electrons. The van der Waals surface area contributed by atoms with E-state index in [1.807, 2.05) is 29.2 Å². The van der Waals surface area contributed by atoms with Crippen LogP contribution in [0.1, 0.15) is 69.6 Å². The molecular weight excluding hydrogens is 668 g/mol. The van der Waals surface area contributed by atoms with Crippen molar-refractivity contribution in [2.45, 2.75) is 43.3 Å². The van der Waals surface area contributed by atoms with E-state index in [1.165, 1.54) is 12.3 Å². The Kier molecular flexibility index (Phi) is 7.35. The van der Waals surface area contributed by atoms with Gasteiger partial charge in [0.1, 0.15) is 11.1 Å². The van der Waals surface area contributed by atoms with E-state index in [2.05, 4.69) is 13.2 Å². The molecule has 13 heteroatoms. The minimum atomic E-state index is -1.81. The number of pyridine rings is 2. The molecule has 8 rings (SSSR count). The van der Waals surface area contributed by atoms with E-state index in [0.29, 0.717) is 44.3 Å². The van der Waals surface area contributed by atoms with E-state index in [9.17, 15) is 28.0 Å². The molecule has 4 aromatic rings. The Bertz CT molecular complexity index is 2480. The summed E-state index contributed by atoms with van der Waals surface area (Å²) in [5.74, 6) is -8.82. The Balaban J connectivity index is 1.22. The highest BCUT2D eigenvalue weighted by Gasteiger charge is 2.43. The number of benzene rings is 2. The molecule has 4 aliphatic rings. The fraction of sp³-hybridized carbons (Fsp3) is 0.263. The maximum Gasteiger partial charge on any atom is 0.351 e. The smallest absolute Gasteiger partial charge is 0.351 e. The number of carbonyl (C=O) groups is 2. The zero-order valence-electron chi connectivity index (χ0n) is 27.1. The number of ether oxygens (including phenoxy) is 1. The average Bonchev–Trinajstić information content (AvgIpc) is 4.05. The van der Waals surface area contributed by atoms with Crippen LogP contribution in [0.5, 0.6) is 0 Å². The predicted molar refractivity (Wildman–Crippen MR) is 184 cm³/mol. The monoisotopic (exact) mass is 698 g/mol. The summed E-state index contributed by atoms with van der Waals surface area (Å²) in [5, 5.41) is -0.798. The number of nitrogens with two attached hydrogens (primary N) is 1. The Labute approximate surface area is 287 Å². The van der Waals surface area contributed by atoms with Crippen LogP contribution in [0.15, 0.2) is 65.5 Å². The van der Waals surface area contributed by atoms with Gasteiger partial charge in [0.15, 0.2) is 23.3 Å². The number of carbonyl (C=O) groups excluding carboxylic acids is 2. The van der Waals surface area contributed by atoms with Crippen molar-refractivity contribution in [3.05, 3.63) is 122 Å². The minimum Gasteiger partial charge on any atom is -0.385 e. The zero-order chi connectivity index (χ0) is 36.1. The summed E-state index contributed by atoms with van der Waals surface area (Å²) in [7, 11) is 0. The molecule has 2 unspecified atom stereocenters. The van der Waals surface area contributed by atoms with Crippen LogP contribution in [-0.2, 0) is 4.74 Å². The van der Waals surface area contributed by atoms with Gasteiger partial charge in [-0.1, -0.05) is 49.6 Å². The van der Waals surface area contributed by atoms with Crippen molar-refractivity contribution in [3.8, 4) is 0 Å². The number of allylic oxidation sites excluding steroid dienone is 2. The normalized spacial score (nSPS) is 21.0. The van der Waals surface area contributed by atoms with Crippen LogP contribution in [-0.4, -0.2) is 39.7 Å². The fourth-order valence-corrected chi connectivity index (χ4v) is 7.38. The molecule has 2 aromatic carbocycles. The highest BCUT2D eigenvalue weighted by molar-refractivity contribution is 6.06. The first-order valence-corrected chi connectivity index (χ1v) is 16.5. The summed E-state index contributed by atoms with van der Waals surface area (Å²) in [6.45, 7) is 7.89. The van der Waals surface area contributed by atoms with Crippen LogP contribution >= 0.6 is 0 Å². The van der Waals surface area contributed by atoms with Gasteiger partial charge in [0.2, 0.25) is 10.9 Å². The van der Waals surface area contributed by atoms with E-state index >= 15 is 8.78 Å². The van der Waals surface area contributed by atoms with Crippen molar-refractivity contribution in [1.82, 2.24) is 9.13 Å². The van der Waals surface area contributed by atoms with Gasteiger partial charge >= 0.3 is 11.9 Å². The second-order valence-electron chi connectivity index (χ2n) is 13.5.